The van der Waals surface area contributed by atoms with Gasteiger partial charge in [0, 0.05) is 14.5 Å². The van der Waals surface area contributed by atoms with E-state index in [0.717, 1.165) is 14.5 Å². The molecule has 1 saturated heterocycles. The first-order valence-corrected chi connectivity index (χ1v) is 8.35. The summed E-state index contributed by atoms with van der Waals surface area (Å²) < 4.78 is 1.75. The molecule has 2 aromatic carbocycles. The van der Waals surface area contributed by atoms with Crippen molar-refractivity contribution >= 4 is 49.3 Å². The van der Waals surface area contributed by atoms with Crippen molar-refractivity contribution in [3.8, 4) is 0 Å². The zero-order chi connectivity index (χ0) is 16.6. The second kappa shape index (κ2) is 6.29. The Balaban J connectivity index is 2.10. The van der Waals surface area contributed by atoms with Crippen LogP contribution in [0.15, 0.2) is 63.0 Å². The summed E-state index contributed by atoms with van der Waals surface area (Å²) in [6, 6.07) is 13.4. The van der Waals surface area contributed by atoms with E-state index in [2.05, 4.69) is 37.2 Å². The fourth-order valence-electron chi connectivity index (χ4n) is 2.43. The Labute approximate surface area is 149 Å². The van der Waals surface area contributed by atoms with Gasteiger partial charge in [-0.1, -0.05) is 56.1 Å². The minimum Gasteiger partial charge on any atom is -0.507 e. The van der Waals surface area contributed by atoms with Crippen LogP contribution in [0.1, 0.15) is 17.2 Å². The lowest BCUT2D eigenvalue weighted by atomic mass is 9.96. The first-order valence-electron chi connectivity index (χ1n) is 6.77. The van der Waals surface area contributed by atoms with Gasteiger partial charge in [0.2, 0.25) is 0 Å². The van der Waals surface area contributed by atoms with E-state index in [1.165, 1.54) is 0 Å². The van der Waals surface area contributed by atoms with Crippen molar-refractivity contribution in [3.63, 3.8) is 0 Å². The van der Waals surface area contributed by atoms with Crippen LogP contribution in [0.25, 0.3) is 5.76 Å². The smallest absolute Gasteiger partial charge is 0.293 e. The highest BCUT2D eigenvalue weighted by atomic mass is 79.9. The van der Waals surface area contributed by atoms with Crippen LogP contribution in [0.5, 0.6) is 0 Å². The van der Waals surface area contributed by atoms with Crippen molar-refractivity contribution in [3.05, 3.63) is 74.2 Å². The number of halogens is 2. The minimum absolute atomic E-state index is 0.0691. The van der Waals surface area contributed by atoms with E-state index >= 15 is 0 Å². The predicted molar refractivity (Wildman–Crippen MR) is 93.7 cm³/mol. The van der Waals surface area contributed by atoms with Crippen molar-refractivity contribution in [2.75, 3.05) is 0 Å². The molecule has 3 rings (SSSR count). The maximum atomic E-state index is 12.2. The summed E-state index contributed by atoms with van der Waals surface area (Å²) in [5.41, 5.74) is 1.28. The van der Waals surface area contributed by atoms with Crippen LogP contribution >= 0.6 is 31.9 Å². The number of carbonyl (C=O) groups is 2. The highest BCUT2D eigenvalue weighted by molar-refractivity contribution is 9.10. The van der Waals surface area contributed by atoms with Gasteiger partial charge in [0.15, 0.2) is 0 Å². The molecule has 1 heterocycles. The van der Waals surface area contributed by atoms with Gasteiger partial charge in [-0.05, 0) is 29.8 Å². The number of ketones is 1. The molecule has 0 aromatic heterocycles. The Morgan fingerprint density at radius 1 is 0.913 bits per heavy atom. The summed E-state index contributed by atoms with van der Waals surface area (Å²) in [5.74, 6) is -1.61. The Bertz CT molecular complexity index is 811. The number of nitrogens with one attached hydrogen (secondary N) is 1. The standard InChI is InChI=1S/C17H11Br2NO3/c18-11-5-1-9(2-6-11)14-13(16(22)17(23)20-14)15(21)10-3-7-12(19)8-4-10/h1-8,14,21H,(H,20,23)/b15-13+/t14-/m0/s1. The molecule has 1 aliphatic heterocycles. The second-order valence-electron chi connectivity index (χ2n) is 5.06. The van der Waals surface area contributed by atoms with Crippen LogP contribution in [0.4, 0.5) is 0 Å². The molecule has 0 radical (unpaired) electrons. The van der Waals surface area contributed by atoms with E-state index in [4.69, 9.17) is 0 Å². The van der Waals surface area contributed by atoms with Crippen LogP contribution in [0.2, 0.25) is 0 Å². The molecular formula is C17H11Br2NO3. The molecule has 116 valence electrons. The van der Waals surface area contributed by atoms with Crippen molar-refractivity contribution < 1.29 is 14.7 Å². The third-order valence-corrected chi connectivity index (χ3v) is 4.65. The van der Waals surface area contributed by atoms with Crippen molar-refractivity contribution in [1.29, 1.82) is 0 Å². The summed E-state index contributed by atoms with van der Waals surface area (Å²) in [7, 11) is 0. The Morgan fingerprint density at radius 2 is 1.43 bits per heavy atom. The molecule has 0 aliphatic carbocycles. The average Bonchev–Trinajstić information content (AvgIpc) is 2.84. The highest BCUT2D eigenvalue weighted by Gasteiger charge is 2.39. The minimum atomic E-state index is -0.711. The molecule has 4 nitrogen and oxygen atoms in total. The number of Topliss-reactive ketones (excluding diaryl/α,β-unsaturated/α-hetero) is 1. The number of aliphatic hydroxyl groups excluding tert-OH is 1. The molecule has 1 aliphatic rings. The topological polar surface area (TPSA) is 66.4 Å². The van der Waals surface area contributed by atoms with E-state index in [9.17, 15) is 14.7 Å². The van der Waals surface area contributed by atoms with Gasteiger partial charge in [-0.15, -0.1) is 0 Å². The summed E-state index contributed by atoms with van der Waals surface area (Å²) in [4.78, 5) is 24.0. The van der Waals surface area contributed by atoms with Gasteiger partial charge in [0.1, 0.15) is 5.76 Å². The molecule has 1 atom stereocenters. The fraction of sp³-hybridized carbons (Fsp3) is 0.0588. The number of aliphatic hydroxyl groups is 1. The van der Waals surface area contributed by atoms with Gasteiger partial charge in [0.25, 0.3) is 11.7 Å². The number of hydrogen-bond acceptors (Lipinski definition) is 3. The van der Waals surface area contributed by atoms with E-state index in [-0.39, 0.29) is 11.3 Å². The Morgan fingerprint density at radius 3 is 2.00 bits per heavy atom. The molecular weight excluding hydrogens is 426 g/mol. The average molecular weight is 437 g/mol. The molecule has 2 aromatic rings. The number of benzene rings is 2. The first kappa shape index (κ1) is 16.0. The van der Waals surface area contributed by atoms with Gasteiger partial charge in [-0.25, -0.2) is 0 Å². The molecule has 1 amide bonds. The first-order chi connectivity index (χ1) is 11.0. The van der Waals surface area contributed by atoms with E-state index in [1.54, 1.807) is 36.4 Å². The van der Waals surface area contributed by atoms with Gasteiger partial charge in [0.05, 0.1) is 11.6 Å². The third kappa shape index (κ3) is 3.09. The summed E-state index contributed by atoms with van der Waals surface area (Å²) in [6.45, 7) is 0. The monoisotopic (exact) mass is 435 g/mol. The van der Waals surface area contributed by atoms with Gasteiger partial charge in [-0.2, -0.15) is 0 Å². The maximum Gasteiger partial charge on any atom is 0.293 e. The molecule has 0 spiro atoms. The van der Waals surface area contributed by atoms with E-state index < -0.39 is 17.7 Å². The zero-order valence-corrected chi connectivity index (χ0v) is 14.9. The van der Waals surface area contributed by atoms with Crippen LogP contribution in [-0.4, -0.2) is 16.8 Å². The lowest BCUT2D eigenvalue weighted by Gasteiger charge is -2.13. The molecule has 0 unspecified atom stereocenters. The summed E-state index contributed by atoms with van der Waals surface area (Å²) >= 11 is 6.66. The maximum absolute atomic E-state index is 12.2. The van der Waals surface area contributed by atoms with Gasteiger partial charge >= 0.3 is 0 Å². The van der Waals surface area contributed by atoms with Crippen molar-refractivity contribution in [2.24, 2.45) is 0 Å². The van der Waals surface area contributed by atoms with Crippen molar-refractivity contribution in [2.45, 2.75) is 6.04 Å². The normalized spacial score (nSPS) is 19.7. The van der Waals surface area contributed by atoms with E-state index in [1.807, 2.05) is 12.1 Å². The van der Waals surface area contributed by atoms with E-state index in [0.29, 0.717) is 5.56 Å². The largest absolute Gasteiger partial charge is 0.507 e. The van der Waals surface area contributed by atoms with Crippen LogP contribution in [0.3, 0.4) is 0 Å². The lowest BCUT2D eigenvalue weighted by Crippen LogP contribution is -2.21. The number of carbonyl (C=O) groups excluding carboxylic acids is 2. The fourth-order valence-corrected chi connectivity index (χ4v) is 2.96. The van der Waals surface area contributed by atoms with Crippen LogP contribution in [0, 0.1) is 0 Å². The lowest BCUT2D eigenvalue weighted by molar-refractivity contribution is -0.133. The van der Waals surface area contributed by atoms with Crippen molar-refractivity contribution in [1.82, 2.24) is 5.32 Å². The number of amides is 1. The quantitative estimate of drug-likeness (QED) is 0.426. The SMILES string of the molecule is O=C1N[C@@H](c2ccc(Br)cc2)/C(=C(\O)c2ccc(Br)cc2)C1=O. The zero-order valence-electron chi connectivity index (χ0n) is 11.7. The molecule has 2 N–H and O–H groups in total. The second-order valence-corrected chi connectivity index (χ2v) is 6.89. The molecule has 6 heteroatoms. The van der Waals surface area contributed by atoms with Crippen LogP contribution in [-0.2, 0) is 9.59 Å². The van der Waals surface area contributed by atoms with Crippen LogP contribution < -0.4 is 5.32 Å². The number of hydrogen-bond donors (Lipinski definition) is 2. The summed E-state index contributed by atoms with van der Waals surface area (Å²) in [5, 5.41) is 13.1. The summed E-state index contributed by atoms with van der Waals surface area (Å²) in [6.07, 6.45) is 0. The molecule has 23 heavy (non-hydrogen) atoms. The Kier molecular flexibility index (Phi) is 4.37. The molecule has 1 fully saturated rings. The van der Waals surface area contributed by atoms with Gasteiger partial charge < -0.3 is 10.4 Å². The molecule has 0 saturated carbocycles. The highest BCUT2D eigenvalue weighted by Crippen LogP contribution is 2.33. The Hall–Kier alpha value is -1.92. The van der Waals surface area contributed by atoms with Gasteiger partial charge in [-0.3, -0.25) is 9.59 Å². The number of rotatable bonds is 2. The predicted octanol–water partition coefficient (Wildman–Crippen LogP) is 3.92. The third-order valence-electron chi connectivity index (χ3n) is 3.59. The molecule has 0 bridgehead atoms.